The molecule has 2 aliphatic rings. The lowest BCUT2D eigenvalue weighted by Crippen LogP contribution is -2.39. The van der Waals surface area contributed by atoms with Gasteiger partial charge in [0.2, 0.25) is 0 Å². The van der Waals surface area contributed by atoms with Crippen molar-refractivity contribution in [1.29, 1.82) is 0 Å². The monoisotopic (exact) mass is 418 g/mol. The molecule has 7 nitrogen and oxygen atoms in total. The van der Waals surface area contributed by atoms with E-state index in [0.717, 1.165) is 54.1 Å². The zero-order chi connectivity index (χ0) is 21.4. The lowest BCUT2D eigenvalue weighted by Gasteiger charge is -2.31. The normalized spacial score (nSPS) is 18.1. The second kappa shape index (κ2) is 8.06. The summed E-state index contributed by atoms with van der Waals surface area (Å²) in [5.74, 6) is 1.93. The fourth-order valence-electron chi connectivity index (χ4n) is 4.28. The van der Waals surface area contributed by atoms with Gasteiger partial charge in [0.25, 0.3) is 5.91 Å². The van der Waals surface area contributed by atoms with Gasteiger partial charge in [-0.05, 0) is 49.9 Å². The number of rotatable bonds is 3. The highest BCUT2D eigenvalue weighted by Crippen LogP contribution is 2.36. The van der Waals surface area contributed by atoms with Crippen LogP contribution in [-0.2, 0) is 0 Å². The summed E-state index contributed by atoms with van der Waals surface area (Å²) in [5, 5.41) is 4.27. The number of aryl methyl sites for hydroxylation is 1. The Morgan fingerprint density at radius 3 is 2.84 bits per heavy atom. The fraction of sp³-hybridized carbons (Fsp3) is 0.375. The maximum Gasteiger partial charge on any atom is 0.257 e. The smallest absolute Gasteiger partial charge is 0.257 e. The van der Waals surface area contributed by atoms with E-state index in [2.05, 4.69) is 22.2 Å². The van der Waals surface area contributed by atoms with Crippen LogP contribution in [0.25, 0.3) is 11.0 Å². The van der Waals surface area contributed by atoms with Crippen molar-refractivity contribution in [3.8, 4) is 11.5 Å². The molecule has 3 aromatic rings. The van der Waals surface area contributed by atoms with Crippen LogP contribution in [0.5, 0.6) is 11.5 Å². The van der Waals surface area contributed by atoms with Crippen LogP contribution in [0.2, 0.25) is 0 Å². The molecule has 0 bridgehead atoms. The Hall–Kier alpha value is -3.35. The summed E-state index contributed by atoms with van der Waals surface area (Å²) in [6.45, 7) is 6.74. The van der Waals surface area contributed by atoms with E-state index in [9.17, 15) is 4.79 Å². The van der Waals surface area contributed by atoms with Crippen molar-refractivity contribution in [1.82, 2.24) is 14.9 Å². The summed E-state index contributed by atoms with van der Waals surface area (Å²) in [6, 6.07) is 9.63. The summed E-state index contributed by atoms with van der Waals surface area (Å²) in [4.78, 5) is 24.5. The van der Waals surface area contributed by atoms with E-state index in [-0.39, 0.29) is 5.91 Å². The molecule has 0 radical (unpaired) electrons. The highest BCUT2D eigenvalue weighted by atomic mass is 16.6. The lowest BCUT2D eigenvalue weighted by atomic mass is 9.99. The molecule has 0 saturated carbocycles. The Morgan fingerprint density at radius 1 is 1.16 bits per heavy atom. The van der Waals surface area contributed by atoms with Gasteiger partial charge in [0, 0.05) is 42.1 Å². The first-order valence-electron chi connectivity index (χ1n) is 10.8. The standard InChI is InChI=1S/C24H26N4O3/c1-15-4-3-9-28(14-15)24(29)19-13-25-23-18(7-5-16(2)26-23)22(19)27-17-6-8-20-21(12-17)31-11-10-30-20/h5-8,12-13,15H,3-4,9-11,14H2,1-2H3,(H,25,26,27)/t15-/m1/s1. The Labute approximate surface area is 181 Å². The SMILES string of the molecule is Cc1ccc2c(Nc3ccc4c(c3)OCCO4)c(C(=O)N3CCC[C@@H](C)C3)cnc2n1. The maximum absolute atomic E-state index is 13.5. The van der Waals surface area contributed by atoms with Crippen molar-refractivity contribution < 1.29 is 14.3 Å². The summed E-state index contributed by atoms with van der Waals surface area (Å²) >= 11 is 0. The number of ether oxygens (including phenoxy) is 2. The Balaban J connectivity index is 1.57. The predicted molar refractivity (Wildman–Crippen MR) is 119 cm³/mol. The van der Waals surface area contributed by atoms with Crippen molar-refractivity contribution >= 4 is 28.3 Å². The van der Waals surface area contributed by atoms with Gasteiger partial charge in [-0.25, -0.2) is 9.97 Å². The minimum atomic E-state index is 0.00145. The molecule has 0 unspecified atom stereocenters. The number of aromatic nitrogens is 2. The average molecular weight is 418 g/mol. The molecule has 4 heterocycles. The number of carbonyl (C=O) groups is 1. The molecule has 31 heavy (non-hydrogen) atoms. The molecule has 0 aliphatic carbocycles. The average Bonchev–Trinajstić information content (AvgIpc) is 2.78. The third kappa shape index (κ3) is 3.87. The first kappa shape index (κ1) is 19.6. The summed E-state index contributed by atoms with van der Waals surface area (Å²) in [5.41, 5.74) is 3.59. The van der Waals surface area contributed by atoms with E-state index >= 15 is 0 Å². The molecule has 2 aromatic heterocycles. The first-order valence-corrected chi connectivity index (χ1v) is 10.8. The van der Waals surface area contributed by atoms with Crippen molar-refractivity contribution in [2.24, 2.45) is 5.92 Å². The summed E-state index contributed by atoms with van der Waals surface area (Å²) < 4.78 is 11.4. The molecule has 2 aliphatic heterocycles. The summed E-state index contributed by atoms with van der Waals surface area (Å²) in [7, 11) is 0. The number of nitrogens with one attached hydrogen (secondary N) is 1. The largest absolute Gasteiger partial charge is 0.486 e. The number of hydrogen-bond acceptors (Lipinski definition) is 6. The van der Waals surface area contributed by atoms with E-state index < -0.39 is 0 Å². The van der Waals surface area contributed by atoms with Crippen LogP contribution in [0.1, 0.15) is 35.8 Å². The van der Waals surface area contributed by atoms with Gasteiger partial charge in [0.05, 0.1) is 11.3 Å². The second-order valence-corrected chi connectivity index (χ2v) is 8.35. The molecule has 160 valence electrons. The van der Waals surface area contributed by atoms with Gasteiger partial charge >= 0.3 is 0 Å². The fourth-order valence-corrected chi connectivity index (χ4v) is 4.28. The van der Waals surface area contributed by atoms with E-state index in [4.69, 9.17) is 9.47 Å². The van der Waals surface area contributed by atoms with Crippen molar-refractivity contribution in [2.75, 3.05) is 31.6 Å². The van der Waals surface area contributed by atoms with Gasteiger partial charge in [0.1, 0.15) is 13.2 Å². The van der Waals surface area contributed by atoms with E-state index in [1.54, 1.807) is 6.20 Å². The number of nitrogens with zero attached hydrogens (tertiary/aromatic N) is 3. The van der Waals surface area contributed by atoms with Crippen molar-refractivity contribution in [2.45, 2.75) is 26.7 Å². The molecule has 7 heteroatoms. The zero-order valence-corrected chi connectivity index (χ0v) is 17.9. The molecule has 1 amide bonds. The predicted octanol–water partition coefficient (Wildman–Crippen LogP) is 4.33. The van der Waals surface area contributed by atoms with Crippen LogP contribution < -0.4 is 14.8 Å². The topological polar surface area (TPSA) is 76.6 Å². The van der Waals surface area contributed by atoms with Crippen molar-refractivity contribution in [3.05, 3.63) is 47.8 Å². The van der Waals surface area contributed by atoms with Crippen LogP contribution in [0.15, 0.2) is 36.5 Å². The number of likely N-dealkylation sites (tertiary alicyclic amines) is 1. The molecule has 1 atom stereocenters. The van der Waals surface area contributed by atoms with E-state index in [1.165, 1.54) is 0 Å². The minimum Gasteiger partial charge on any atom is -0.486 e. The molecular weight excluding hydrogens is 392 g/mol. The van der Waals surface area contributed by atoms with E-state index in [0.29, 0.717) is 36.1 Å². The number of hydrogen-bond donors (Lipinski definition) is 1. The highest BCUT2D eigenvalue weighted by molar-refractivity contribution is 6.07. The number of anilines is 2. The minimum absolute atomic E-state index is 0.00145. The van der Waals surface area contributed by atoms with Crippen molar-refractivity contribution in [3.63, 3.8) is 0 Å². The van der Waals surface area contributed by atoms with Crippen LogP contribution >= 0.6 is 0 Å². The van der Waals surface area contributed by atoms with E-state index in [1.807, 2.05) is 42.2 Å². The molecular formula is C24H26N4O3. The lowest BCUT2D eigenvalue weighted by molar-refractivity contribution is 0.0684. The van der Waals surface area contributed by atoms with Gasteiger partial charge in [-0.2, -0.15) is 0 Å². The van der Waals surface area contributed by atoms with Crippen LogP contribution in [0.4, 0.5) is 11.4 Å². The number of pyridine rings is 2. The maximum atomic E-state index is 13.5. The Bertz CT molecular complexity index is 1150. The van der Waals surface area contributed by atoms with Crippen LogP contribution in [0, 0.1) is 12.8 Å². The van der Waals surface area contributed by atoms with Gasteiger partial charge < -0.3 is 19.7 Å². The Kier molecular flexibility index (Phi) is 5.10. The molecule has 0 spiro atoms. The first-order chi connectivity index (χ1) is 15.1. The van der Waals surface area contributed by atoms with Crippen LogP contribution in [-0.4, -0.2) is 47.1 Å². The number of amides is 1. The van der Waals surface area contributed by atoms with Gasteiger partial charge in [-0.15, -0.1) is 0 Å². The van der Waals surface area contributed by atoms with Crippen LogP contribution in [0.3, 0.4) is 0 Å². The quantitative estimate of drug-likeness (QED) is 0.682. The third-order valence-electron chi connectivity index (χ3n) is 5.86. The number of fused-ring (bicyclic) bond motifs is 2. The Morgan fingerprint density at radius 2 is 2.00 bits per heavy atom. The molecule has 1 aromatic carbocycles. The highest BCUT2D eigenvalue weighted by Gasteiger charge is 2.26. The second-order valence-electron chi connectivity index (χ2n) is 8.35. The molecule has 1 N–H and O–H groups in total. The number of piperidine rings is 1. The van der Waals surface area contributed by atoms with Gasteiger partial charge in [-0.3, -0.25) is 4.79 Å². The number of benzene rings is 1. The summed E-state index contributed by atoms with van der Waals surface area (Å²) in [6.07, 6.45) is 3.83. The number of carbonyl (C=O) groups excluding carboxylic acids is 1. The van der Waals surface area contributed by atoms with Gasteiger partial charge in [0.15, 0.2) is 17.1 Å². The van der Waals surface area contributed by atoms with Gasteiger partial charge in [-0.1, -0.05) is 6.92 Å². The third-order valence-corrected chi connectivity index (χ3v) is 5.86. The molecule has 5 rings (SSSR count). The molecule has 1 saturated heterocycles. The zero-order valence-electron chi connectivity index (χ0n) is 17.9. The molecule has 1 fully saturated rings.